The standard InChI is InChI=1S/C19H25N7O/c1-24-18(14-25-8-10-27-11-9-25)22-23-19(24)15-4-3-7-26(13-15)17-6-2-5-16(12-20)21-17/h2,5-6,15H,3-4,7-11,13-14H2,1H3/t15-/m1/s1. The molecule has 2 saturated heterocycles. The summed E-state index contributed by atoms with van der Waals surface area (Å²) in [5, 5.41) is 18.1. The molecule has 0 spiro atoms. The minimum atomic E-state index is 0.322. The van der Waals surface area contributed by atoms with Crippen LogP contribution in [0.1, 0.15) is 36.1 Å². The third-order valence-corrected chi connectivity index (χ3v) is 5.43. The minimum Gasteiger partial charge on any atom is -0.379 e. The van der Waals surface area contributed by atoms with Crippen LogP contribution in [0, 0.1) is 11.3 Å². The zero-order chi connectivity index (χ0) is 18.6. The van der Waals surface area contributed by atoms with Gasteiger partial charge in [0.2, 0.25) is 0 Å². The number of anilines is 1. The van der Waals surface area contributed by atoms with Gasteiger partial charge in [-0.3, -0.25) is 4.90 Å². The van der Waals surface area contributed by atoms with E-state index in [1.165, 1.54) is 0 Å². The lowest BCUT2D eigenvalue weighted by Crippen LogP contribution is -2.37. The van der Waals surface area contributed by atoms with Gasteiger partial charge in [0.15, 0.2) is 0 Å². The number of piperidine rings is 1. The van der Waals surface area contributed by atoms with E-state index < -0.39 is 0 Å². The SMILES string of the molecule is Cn1c(CN2CCOCC2)nnc1[C@@H]1CCCN(c2cccc(C#N)n2)C1. The van der Waals surface area contributed by atoms with Crippen molar-refractivity contribution in [3.63, 3.8) is 0 Å². The van der Waals surface area contributed by atoms with Crippen molar-refractivity contribution < 1.29 is 4.74 Å². The van der Waals surface area contributed by atoms with Crippen molar-refractivity contribution in [1.29, 1.82) is 5.26 Å². The quantitative estimate of drug-likeness (QED) is 0.805. The molecule has 2 aliphatic rings. The average Bonchev–Trinajstić information content (AvgIpc) is 3.09. The van der Waals surface area contributed by atoms with Crippen molar-refractivity contribution in [2.24, 2.45) is 7.05 Å². The van der Waals surface area contributed by atoms with Crippen LogP contribution in [0.25, 0.3) is 0 Å². The Bertz CT molecular complexity index is 822. The number of nitriles is 1. The maximum atomic E-state index is 9.10. The summed E-state index contributed by atoms with van der Waals surface area (Å²) in [5.41, 5.74) is 0.459. The Morgan fingerprint density at radius 1 is 1.22 bits per heavy atom. The average molecular weight is 367 g/mol. The summed E-state index contributed by atoms with van der Waals surface area (Å²) in [7, 11) is 2.07. The summed E-state index contributed by atoms with van der Waals surface area (Å²) in [4.78, 5) is 9.07. The first-order valence-corrected chi connectivity index (χ1v) is 9.55. The fourth-order valence-corrected chi connectivity index (χ4v) is 3.89. The van der Waals surface area contributed by atoms with Crippen LogP contribution < -0.4 is 4.90 Å². The maximum Gasteiger partial charge on any atom is 0.146 e. The van der Waals surface area contributed by atoms with Crippen molar-refractivity contribution in [2.45, 2.75) is 25.3 Å². The summed E-state index contributed by atoms with van der Waals surface area (Å²) < 4.78 is 7.58. The number of aromatic nitrogens is 4. The Balaban J connectivity index is 1.47. The van der Waals surface area contributed by atoms with E-state index in [-0.39, 0.29) is 0 Å². The maximum absolute atomic E-state index is 9.10. The molecular formula is C19H25N7O. The molecule has 8 nitrogen and oxygen atoms in total. The van der Waals surface area contributed by atoms with Crippen molar-refractivity contribution in [3.8, 4) is 6.07 Å². The van der Waals surface area contributed by atoms with Gasteiger partial charge >= 0.3 is 0 Å². The first-order valence-electron chi connectivity index (χ1n) is 9.55. The molecule has 0 radical (unpaired) electrons. The summed E-state index contributed by atoms with van der Waals surface area (Å²) in [6.07, 6.45) is 2.17. The van der Waals surface area contributed by atoms with Crippen LogP contribution in [0.15, 0.2) is 18.2 Å². The van der Waals surface area contributed by atoms with Gasteiger partial charge in [-0.15, -0.1) is 10.2 Å². The lowest BCUT2D eigenvalue weighted by Gasteiger charge is -2.33. The lowest BCUT2D eigenvalue weighted by molar-refractivity contribution is 0.0326. The van der Waals surface area contributed by atoms with E-state index in [0.29, 0.717) is 11.6 Å². The molecule has 2 aromatic heterocycles. The van der Waals surface area contributed by atoms with Gasteiger partial charge in [-0.2, -0.15) is 5.26 Å². The summed E-state index contributed by atoms with van der Waals surface area (Å²) in [6.45, 7) is 6.09. The van der Waals surface area contributed by atoms with Crippen LogP contribution in [0.5, 0.6) is 0 Å². The summed E-state index contributed by atoms with van der Waals surface area (Å²) >= 11 is 0. The fourth-order valence-electron chi connectivity index (χ4n) is 3.89. The zero-order valence-corrected chi connectivity index (χ0v) is 15.7. The van der Waals surface area contributed by atoms with Crippen LogP contribution in [-0.2, 0) is 18.3 Å². The van der Waals surface area contributed by atoms with Crippen molar-refractivity contribution in [3.05, 3.63) is 35.5 Å². The molecule has 27 heavy (non-hydrogen) atoms. The number of hydrogen-bond donors (Lipinski definition) is 0. The van der Waals surface area contributed by atoms with Gasteiger partial charge in [0, 0.05) is 39.1 Å². The molecule has 2 fully saturated rings. The Kier molecular flexibility index (Phi) is 5.32. The number of hydrogen-bond acceptors (Lipinski definition) is 7. The number of morpholine rings is 1. The van der Waals surface area contributed by atoms with Crippen LogP contribution in [0.3, 0.4) is 0 Å². The van der Waals surface area contributed by atoms with Gasteiger partial charge in [0.1, 0.15) is 29.2 Å². The molecule has 0 N–H and O–H groups in total. The highest BCUT2D eigenvalue weighted by Crippen LogP contribution is 2.28. The van der Waals surface area contributed by atoms with E-state index in [0.717, 1.165) is 76.2 Å². The second-order valence-corrected chi connectivity index (χ2v) is 7.20. The Morgan fingerprint density at radius 2 is 2.07 bits per heavy atom. The molecule has 0 bridgehead atoms. The Hall–Kier alpha value is -2.50. The predicted molar refractivity (Wildman–Crippen MR) is 100 cm³/mol. The lowest BCUT2D eigenvalue weighted by atomic mass is 9.97. The minimum absolute atomic E-state index is 0.322. The van der Waals surface area contributed by atoms with Crippen molar-refractivity contribution in [2.75, 3.05) is 44.3 Å². The van der Waals surface area contributed by atoms with Crippen molar-refractivity contribution in [1.82, 2.24) is 24.6 Å². The topological polar surface area (TPSA) is 83.1 Å². The first-order chi connectivity index (χ1) is 13.2. The van der Waals surface area contributed by atoms with Crippen LogP contribution in [0.2, 0.25) is 0 Å². The van der Waals surface area contributed by atoms with Gasteiger partial charge in [0.25, 0.3) is 0 Å². The van der Waals surface area contributed by atoms with Crippen LogP contribution >= 0.6 is 0 Å². The molecule has 0 aliphatic carbocycles. The van der Waals surface area contributed by atoms with Crippen LogP contribution in [-0.4, -0.2) is 64.0 Å². The van der Waals surface area contributed by atoms with E-state index in [2.05, 4.69) is 42.7 Å². The molecule has 0 unspecified atom stereocenters. The van der Waals surface area contributed by atoms with E-state index in [4.69, 9.17) is 10.00 Å². The molecule has 8 heteroatoms. The smallest absolute Gasteiger partial charge is 0.146 e. The van der Waals surface area contributed by atoms with E-state index >= 15 is 0 Å². The first kappa shape index (κ1) is 17.9. The highest BCUT2D eigenvalue weighted by Gasteiger charge is 2.27. The molecule has 1 atom stereocenters. The van der Waals surface area contributed by atoms with Gasteiger partial charge in [0.05, 0.1) is 19.8 Å². The van der Waals surface area contributed by atoms with Gasteiger partial charge in [-0.25, -0.2) is 4.98 Å². The third-order valence-electron chi connectivity index (χ3n) is 5.43. The zero-order valence-electron chi connectivity index (χ0n) is 15.7. The molecule has 0 aromatic carbocycles. The monoisotopic (exact) mass is 367 g/mol. The second-order valence-electron chi connectivity index (χ2n) is 7.20. The molecule has 0 amide bonds. The normalized spacial score (nSPS) is 21.2. The molecule has 142 valence electrons. The molecule has 2 aliphatic heterocycles. The highest BCUT2D eigenvalue weighted by atomic mass is 16.5. The Labute approximate surface area is 159 Å². The molecular weight excluding hydrogens is 342 g/mol. The van der Waals surface area contributed by atoms with E-state index in [1.807, 2.05) is 12.1 Å². The predicted octanol–water partition coefficient (Wildman–Crippen LogP) is 1.30. The van der Waals surface area contributed by atoms with Crippen LogP contribution in [0.4, 0.5) is 5.82 Å². The number of pyridine rings is 1. The van der Waals surface area contributed by atoms with Crippen molar-refractivity contribution >= 4 is 5.82 Å². The second kappa shape index (κ2) is 8.03. The largest absolute Gasteiger partial charge is 0.379 e. The van der Waals surface area contributed by atoms with E-state index in [1.54, 1.807) is 6.07 Å². The highest BCUT2D eigenvalue weighted by molar-refractivity contribution is 5.42. The molecule has 0 saturated carbocycles. The van der Waals surface area contributed by atoms with Gasteiger partial charge in [-0.1, -0.05) is 6.07 Å². The number of rotatable bonds is 4. The number of nitrogens with zero attached hydrogens (tertiary/aromatic N) is 7. The molecule has 2 aromatic rings. The molecule has 4 rings (SSSR count). The fraction of sp³-hybridized carbons (Fsp3) is 0.579. The van der Waals surface area contributed by atoms with E-state index in [9.17, 15) is 0 Å². The molecule has 4 heterocycles. The van der Waals surface area contributed by atoms with Gasteiger partial charge < -0.3 is 14.2 Å². The summed E-state index contributed by atoms with van der Waals surface area (Å²) in [5.74, 6) is 3.24. The number of ether oxygens (including phenoxy) is 1. The third kappa shape index (κ3) is 3.94. The summed E-state index contributed by atoms with van der Waals surface area (Å²) in [6, 6.07) is 7.74. The Morgan fingerprint density at radius 3 is 2.89 bits per heavy atom. The van der Waals surface area contributed by atoms with Gasteiger partial charge in [-0.05, 0) is 25.0 Å².